The zero-order chi connectivity index (χ0) is 13.1. The van der Waals surface area contributed by atoms with E-state index in [0.29, 0.717) is 12.2 Å². The van der Waals surface area contributed by atoms with Crippen LogP contribution in [0.2, 0.25) is 0 Å². The summed E-state index contributed by atoms with van der Waals surface area (Å²) in [6, 6.07) is 3.86. The molecule has 94 valence electrons. The van der Waals surface area contributed by atoms with Crippen molar-refractivity contribution >= 4 is 5.78 Å². The summed E-state index contributed by atoms with van der Waals surface area (Å²) in [4.78, 5) is 12.2. The van der Waals surface area contributed by atoms with Crippen molar-refractivity contribution in [3.8, 4) is 5.75 Å². The van der Waals surface area contributed by atoms with Crippen molar-refractivity contribution in [2.75, 3.05) is 7.11 Å². The quantitative estimate of drug-likeness (QED) is 0.803. The van der Waals surface area contributed by atoms with Crippen LogP contribution >= 0.6 is 0 Å². The lowest BCUT2D eigenvalue weighted by atomic mass is 9.87. The number of methoxy groups -OCH3 is 1. The van der Waals surface area contributed by atoms with Crippen molar-refractivity contribution in [1.29, 1.82) is 0 Å². The summed E-state index contributed by atoms with van der Waals surface area (Å²) >= 11 is 0. The SMILES string of the molecule is CCCC(C)(N)C(=O)c1cc(F)ccc1OC. The smallest absolute Gasteiger partial charge is 0.186 e. The molecule has 1 rings (SSSR count). The third-order valence-electron chi connectivity index (χ3n) is 2.69. The lowest BCUT2D eigenvalue weighted by Gasteiger charge is -2.23. The van der Waals surface area contributed by atoms with Gasteiger partial charge in [0.2, 0.25) is 0 Å². The molecule has 3 nitrogen and oxygen atoms in total. The Morgan fingerprint density at radius 1 is 1.53 bits per heavy atom. The molecule has 0 spiro atoms. The predicted molar refractivity (Wildman–Crippen MR) is 64.8 cm³/mol. The molecule has 0 amide bonds. The molecular weight excluding hydrogens is 221 g/mol. The van der Waals surface area contributed by atoms with Gasteiger partial charge >= 0.3 is 0 Å². The molecule has 1 aromatic rings. The van der Waals surface area contributed by atoms with Gasteiger partial charge in [0, 0.05) is 0 Å². The molecule has 0 aliphatic carbocycles. The largest absolute Gasteiger partial charge is 0.496 e. The van der Waals surface area contributed by atoms with Crippen LogP contribution in [0.3, 0.4) is 0 Å². The highest BCUT2D eigenvalue weighted by atomic mass is 19.1. The Hall–Kier alpha value is -1.42. The summed E-state index contributed by atoms with van der Waals surface area (Å²) in [5.74, 6) is -0.415. The summed E-state index contributed by atoms with van der Waals surface area (Å²) in [5.41, 5.74) is 5.16. The van der Waals surface area contributed by atoms with Gasteiger partial charge in [0.05, 0.1) is 18.2 Å². The molecule has 1 unspecified atom stereocenters. The molecule has 17 heavy (non-hydrogen) atoms. The zero-order valence-corrected chi connectivity index (χ0v) is 10.4. The highest BCUT2D eigenvalue weighted by molar-refractivity contribution is 6.04. The van der Waals surface area contributed by atoms with E-state index in [1.165, 1.54) is 25.3 Å². The van der Waals surface area contributed by atoms with Gasteiger partial charge in [0.1, 0.15) is 11.6 Å². The maximum absolute atomic E-state index is 13.2. The number of ketones is 1. The highest BCUT2D eigenvalue weighted by Crippen LogP contribution is 2.25. The number of halogens is 1. The van der Waals surface area contributed by atoms with E-state index in [-0.39, 0.29) is 11.3 Å². The molecule has 1 aromatic carbocycles. The number of hydrogen-bond donors (Lipinski definition) is 1. The first-order chi connectivity index (χ1) is 7.92. The van der Waals surface area contributed by atoms with Gasteiger partial charge < -0.3 is 10.5 Å². The van der Waals surface area contributed by atoms with Crippen LogP contribution in [0.1, 0.15) is 37.0 Å². The number of nitrogens with two attached hydrogens (primary N) is 1. The molecule has 1 atom stereocenters. The Kier molecular flexibility index (Phi) is 4.23. The van der Waals surface area contributed by atoms with Crippen molar-refractivity contribution in [1.82, 2.24) is 0 Å². The van der Waals surface area contributed by atoms with Crippen LogP contribution in [-0.4, -0.2) is 18.4 Å². The maximum atomic E-state index is 13.2. The molecule has 0 saturated heterocycles. The molecule has 2 N–H and O–H groups in total. The second-order valence-corrected chi connectivity index (χ2v) is 4.34. The van der Waals surface area contributed by atoms with Crippen LogP contribution in [0.5, 0.6) is 5.75 Å². The first-order valence-electron chi connectivity index (χ1n) is 5.59. The van der Waals surface area contributed by atoms with E-state index in [0.717, 1.165) is 6.42 Å². The number of rotatable bonds is 5. The molecule has 0 aliphatic rings. The summed E-state index contributed by atoms with van der Waals surface area (Å²) in [5, 5.41) is 0. The maximum Gasteiger partial charge on any atom is 0.186 e. The lowest BCUT2D eigenvalue weighted by molar-refractivity contribution is 0.0889. The summed E-state index contributed by atoms with van der Waals surface area (Å²) in [6.07, 6.45) is 1.34. The van der Waals surface area contributed by atoms with Gasteiger partial charge in [-0.15, -0.1) is 0 Å². The summed E-state index contributed by atoms with van der Waals surface area (Å²) in [7, 11) is 1.44. The fourth-order valence-corrected chi connectivity index (χ4v) is 1.80. The van der Waals surface area contributed by atoms with Gasteiger partial charge in [-0.1, -0.05) is 13.3 Å². The minimum absolute atomic E-state index is 0.200. The van der Waals surface area contributed by atoms with Gasteiger partial charge in [-0.05, 0) is 31.5 Å². The minimum Gasteiger partial charge on any atom is -0.496 e. The zero-order valence-electron chi connectivity index (χ0n) is 10.4. The highest BCUT2D eigenvalue weighted by Gasteiger charge is 2.30. The average molecular weight is 239 g/mol. The molecular formula is C13H18FNO2. The molecule has 4 heteroatoms. The Bertz CT molecular complexity index is 416. The number of Topliss-reactive ketones (excluding diaryl/α,β-unsaturated/α-hetero) is 1. The molecule has 0 radical (unpaired) electrons. The van der Waals surface area contributed by atoms with E-state index in [1.807, 2.05) is 6.92 Å². The van der Waals surface area contributed by atoms with Gasteiger partial charge in [0.25, 0.3) is 0 Å². The molecule has 0 heterocycles. The van der Waals surface area contributed by atoms with Gasteiger partial charge in [0.15, 0.2) is 5.78 Å². The van der Waals surface area contributed by atoms with E-state index in [4.69, 9.17) is 10.5 Å². The topological polar surface area (TPSA) is 52.3 Å². The number of carbonyl (C=O) groups is 1. The standard InChI is InChI=1S/C13H18FNO2/c1-4-7-13(2,15)12(16)10-8-9(14)5-6-11(10)17-3/h5-6,8H,4,7,15H2,1-3H3. The molecule has 0 aliphatic heterocycles. The van der Waals surface area contributed by atoms with Crippen LogP contribution in [0.15, 0.2) is 18.2 Å². The fourth-order valence-electron chi connectivity index (χ4n) is 1.80. The molecule has 0 fully saturated rings. The Morgan fingerprint density at radius 3 is 2.71 bits per heavy atom. The molecule has 0 aromatic heterocycles. The van der Waals surface area contributed by atoms with E-state index < -0.39 is 11.4 Å². The number of carbonyl (C=O) groups excluding carboxylic acids is 1. The summed E-state index contributed by atoms with van der Waals surface area (Å²) in [6.45, 7) is 3.60. The van der Waals surface area contributed by atoms with Crippen molar-refractivity contribution in [2.24, 2.45) is 5.73 Å². The summed E-state index contributed by atoms with van der Waals surface area (Å²) < 4.78 is 18.2. The van der Waals surface area contributed by atoms with Crippen LogP contribution in [0, 0.1) is 5.82 Å². The molecule has 0 saturated carbocycles. The van der Waals surface area contributed by atoms with E-state index >= 15 is 0 Å². The third-order valence-corrected chi connectivity index (χ3v) is 2.69. The Labute approximate surface area is 101 Å². The van der Waals surface area contributed by atoms with E-state index in [2.05, 4.69) is 0 Å². The van der Waals surface area contributed by atoms with Crippen molar-refractivity contribution in [2.45, 2.75) is 32.2 Å². The van der Waals surface area contributed by atoms with Crippen LogP contribution < -0.4 is 10.5 Å². The van der Waals surface area contributed by atoms with Crippen LogP contribution in [-0.2, 0) is 0 Å². The predicted octanol–water partition coefficient (Wildman–Crippen LogP) is 2.53. The second kappa shape index (κ2) is 5.27. The Morgan fingerprint density at radius 2 is 2.18 bits per heavy atom. The third kappa shape index (κ3) is 3.03. The first-order valence-corrected chi connectivity index (χ1v) is 5.59. The first kappa shape index (κ1) is 13.6. The fraction of sp³-hybridized carbons (Fsp3) is 0.462. The molecule has 0 bridgehead atoms. The van der Waals surface area contributed by atoms with Crippen molar-refractivity contribution in [3.63, 3.8) is 0 Å². The van der Waals surface area contributed by atoms with Crippen molar-refractivity contribution < 1.29 is 13.9 Å². The lowest BCUT2D eigenvalue weighted by Crippen LogP contribution is -2.44. The van der Waals surface area contributed by atoms with Crippen LogP contribution in [0.4, 0.5) is 4.39 Å². The van der Waals surface area contributed by atoms with E-state index in [9.17, 15) is 9.18 Å². The number of benzene rings is 1. The number of hydrogen-bond acceptors (Lipinski definition) is 3. The average Bonchev–Trinajstić information content (AvgIpc) is 2.28. The van der Waals surface area contributed by atoms with Gasteiger partial charge in [-0.2, -0.15) is 0 Å². The van der Waals surface area contributed by atoms with E-state index in [1.54, 1.807) is 6.92 Å². The Balaban J connectivity index is 3.15. The monoisotopic (exact) mass is 239 g/mol. The van der Waals surface area contributed by atoms with Crippen LogP contribution in [0.25, 0.3) is 0 Å². The number of ether oxygens (including phenoxy) is 1. The minimum atomic E-state index is -0.990. The van der Waals surface area contributed by atoms with Gasteiger partial charge in [-0.25, -0.2) is 4.39 Å². The second-order valence-electron chi connectivity index (χ2n) is 4.34. The normalized spacial score (nSPS) is 14.2. The van der Waals surface area contributed by atoms with Crippen molar-refractivity contribution in [3.05, 3.63) is 29.6 Å². The van der Waals surface area contributed by atoms with Gasteiger partial charge in [-0.3, -0.25) is 4.79 Å².